The number of hydrogen-bond acceptors (Lipinski definition) is 6. The molecular formula is C25H30N4O3. The fourth-order valence-electron chi connectivity index (χ4n) is 4.03. The number of ether oxygens (including phenoxy) is 1. The van der Waals surface area contributed by atoms with Crippen molar-refractivity contribution in [1.82, 2.24) is 20.4 Å². The van der Waals surface area contributed by atoms with Gasteiger partial charge in [-0.2, -0.15) is 4.98 Å². The molecule has 1 saturated heterocycles. The maximum atomic E-state index is 12.7. The zero-order chi connectivity index (χ0) is 22.3. The Labute approximate surface area is 188 Å². The molecule has 4 rings (SSSR count). The van der Waals surface area contributed by atoms with E-state index in [2.05, 4.69) is 20.4 Å². The molecule has 0 aliphatic carbocycles. The summed E-state index contributed by atoms with van der Waals surface area (Å²) in [6, 6.07) is 15.9. The van der Waals surface area contributed by atoms with E-state index in [4.69, 9.17) is 9.26 Å². The Morgan fingerprint density at radius 3 is 2.88 bits per heavy atom. The van der Waals surface area contributed by atoms with Crippen LogP contribution in [0.3, 0.4) is 0 Å². The Hall–Kier alpha value is -3.19. The molecular weight excluding hydrogens is 404 g/mol. The normalized spacial score (nSPS) is 16.6. The molecule has 32 heavy (non-hydrogen) atoms. The average Bonchev–Trinajstić information content (AvgIpc) is 3.27. The summed E-state index contributed by atoms with van der Waals surface area (Å²) in [7, 11) is 0. The van der Waals surface area contributed by atoms with E-state index in [1.54, 1.807) is 0 Å². The lowest BCUT2D eigenvalue weighted by molar-refractivity contribution is -0.127. The summed E-state index contributed by atoms with van der Waals surface area (Å²) in [5, 5.41) is 7.20. The van der Waals surface area contributed by atoms with Gasteiger partial charge < -0.3 is 14.6 Å². The molecule has 1 fully saturated rings. The van der Waals surface area contributed by atoms with Crippen molar-refractivity contribution < 1.29 is 14.1 Å². The minimum atomic E-state index is -0.0365. The van der Waals surface area contributed by atoms with E-state index >= 15 is 0 Å². The van der Waals surface area contributed by atoms with Crippen LogP contribution in [0.25, 0.3) is 11.4 Å². The molecule has 1 aromatic heterocycles. The Morgan fingerprint density at radius 2 is 2.09 bits per heavy atom. The van der Waals surface area contributed by atoms with E-state index in [0.717, 1.165) is 41.8 Å². The number of nitrogens with zero attached hydrogens (tertiary/aromatic N) is 3. The average molecular weight is 435 g/mol. The molecule has 7 nitrogen and oxygen atoms in total. The van der Waals surface area contributed by atoms with Crippen LogP contribution in [0.4, 0.5) is 0 Å². The van der Waals surface area contributed by atoms with Gasteiger partial charge in [0.05, 0.1) is 19.1 Å². The molecule has 1 aliphatic rings. The monoisotopic (exact) mass is 434 g/mol. The standard InChI is InChI=1S/C25H30N4O3/c1-3-31-22-11-9-19(10-12-22)15-26-25(30)21-8-5-13-29(16-21)17-23-27-24(28-32-23)20-7-4-6-18(2)14-20/h4,6-7,9-12,14,21H,3,5,8,13,15-17H2,1-2H3,(H,26,30). The van der Waals surface area contributed by atoms with Crippen molar-refractivity contribution in [2.75, 3.05) is 19.7 Å². The van der Waals surface area contributed by atoms with Gasteiger partial charge in [0, 0.05) is 18.7 Å². The quantitative estimate of drug-likeness (QED) is 0.578. The Balaban J connectivity index is 1.29. The Kier molecular flexibility index (Phi) is 7.17. The number of likely N-dealkylation sites (tertiary alicyclic amines) is 1. The van der Waals surface area contributed by atoms with Crippen molar-refractivity contribution in [3.63, 3.8) is 0 Å². The van der Waals surface area contributed by atoms with Crippen molar-refractivity contribution in [1.29, 1.82) is 0 Å². The first-order valence-corrected chi connectivity index (χ1v) is 11.2. The first-order valence-electron chi connectivity index (χ1n) is 11.2. The van der Waals surface area contributed by atoms with Crippen LogP contribution in [-0.2, 0) is 17.9 Å². The van der Waals surface area contributed by atoms with E-state index in [-0.39, 0.29) is 11.8 Å². The molecule has 0 radical (unpaired) electrons. The van der Waals surface area contributed by atoms with Gasteiger partial charge in [0.1, 0.15) is 5.75 Å². The minimum absolute atomic E-state index is 0.0365. The van der Waals surface area contributed by atoms with Gasteiger partial charge in [-0.1, -0.05) is 41.1 Å². The number of hydrogen-bond donors (Lipinski definition) is 1. The van der Waals surface area contributed by atoms with Crippen molar-refractivity contribution in [3.05, 3.63) is 65.5 Å². The number of nitrogens with one attached hydrogen (secondary N) is 1. The predicted octanol–water partition coefficient (Wildman–Crippen LogP) is 3.97. The van der Waals surface area contributed by atoms with Gasteiger partial charge in [0.25, 0.3) is 0 Å². The molecule has 3 aromatic rings. The van der Waals surface area contributed by atoms with Gasteiger partial charge in [-0.25, -0.2) is 0 Å². The van der Waals surface area contributed by atoms with Crippen LogP contribution in [0.1, 0.15) is 36.8 Å². The topological polar surface area (TPSA) is 80.5 Å². The van der Waals surface area contributed by atoms with Gasteiger partial charge in [-0.15, -0.1) is 0 Å². The van der Waals surface area contributed by atoms with Crippen LogP contribution in [0.15, 0.2) is 53.1 Å². The molecule has 0 saturated carbocycles. The number of rotatable bonds is 8. The molecule has 1 unspecified atom stereocenters. The molecule has 2 aromatic carbocycles. The van der Waals surface area contributed by atoms with E-state index < -0.39 is 0 Å². The third kappa shape index (κ3) is 5.73. The fraction of sp³-hybridized carbons (Fsp3) is 0.400. The van der Waals surface area contributed by atoms with Crippen molar-refractivity contribution in [2.45, 2.75) is 39.8 Å². The molecule has 7 heteroatoms. The zero-order valence-electron chi connectivity index (χ0n) is 18.7. The van der Waals surface area contributed by atoms with Gasteiger partial charge in [-0.05, 0) is 57.0 Å². The second-order valence-corrected chi connectivity index (χ2v) is 8.25. The summed E-state index contributed by atoms with van der Waals surface area (Å²) in [5.41, 5.74) is 3.16. The van der Waals surface area contributed by atoms with Gasteiger partial charge in [0.2, 0.25) is 17.6 Å². The van der Waals surface area contributed by atoms with Gasteiger partial charge >= 0.3 is 0 Å². The van der Waals surface area contributed by atoms with E-state index in [0.29, 0.717) is 38.0 Å². The van der Waals surface area contributed by atoms with Gasteiger partial charge in [-0.3, -0.25) is 9.69 Å². The number of aryl methyl sites for hydroxylation is 1. The highest BCUT2D eigenvalue weighted by Crippen LogP contribution is 2.21. The lowest BCUT2D eigenvalue weighted by Crippen LogP contribution is -2.42. The second-order valence-electron chi connectivity index (χ2n) is 8.25. The lowest BCUT2D eigenvalue weighted by atomic mass is 9.97. The molecule has 1 N–H and O–H groups in total. The van der Waals surface area contributed by atoms with Crippen molar-refractivity contribution in [3.8, 4) is 17.1 Å². The summed E-state index contributed by atoms with van der Waals surface area (Å²) in [4.78, 5) is 19.5. The van der Waals surface area contributed by atoms with Crippen LogP contribution in [0, 0.1) is 12.8 Å². The fourth-order valence-corrected chi connectivity index (χ4v) is 4.03. The third-order valence-corrected chi connectivity index (χ3v) is 5.68. The first-order chi connectivity index (χ1) is 15.6. The molecule has 0 spiro atoms. The number of benzene rings is 2. The molecule has 2 heterocycles. The number of piperidine rings is 1. The first kappa shape index (κ1) is 22.0. The summed E-state index contributed by atoms with van der Waals surface area (Å²) in [6.45, 7) is 7.34. The molecule has 0 bridgehead atoms. The highest BCUT2D eigenvalue weighted by molar-refractivity contribution is 5.79. The Bertz CT molecular complexity index is 1030. The molecule has 1 amide bonds. The molecule has 1 atom stereocenters. The number of carbonyl (C=O) groups is 1. The van der Waals surface area contributed by atoms with E-state index in [1.807, 2.05) is 62.4 Å². The maximum absolute atomic E-state index is 12.7. The maximum Gasteiger partial charge on any atom is 0.241 e. The zero-order valence-corrected chi connectivity index (χ0v) is 18.7. The highest BCUT2D eigenvalue weighted by Gasteiger charge is 2.26. The number of amides is 1. The summed E-state index contributed by atoms with van der Waals surface area (Å²) < 4.78 is 10.9. The summed E-state index contributed by atoms with van der Waals surface area (Å²) in [6.07, 6.45) is 1.87. The van der Waals surface area contributed by atoms with Crippen LogP contribution >= 0.6 is 0 Å². The van der Waals surface area contributed by atoms with E-state index in [1.165, 1.54) is 0 Å². The minimum Gasteiger partial charge on any atom is -0.494 e. The lowest BCUT2D eigenvalue weighted by Gasteiger charge is -2.30. The summed E-state index contributed by atoms with van der Waals surface area (Å²) >= 11 is 0. The smallest absolute Gasteiger partial charge is 0.241 e. The SMILES string of the molecule is CCOc1ccc(CNC(=O)C2CCCN(Cc3nc(-c4cccc(C)c4)no3)C2)cc1. The van der Waals surface area contributed by atoms with Crippen LogP contribution in [-0.4, -0.2) is 40.6 Å². The molecule has 1 aliphatic heterocycles. The third-order valence-electron chi connectivity index (χ3n) is 5.68. The van der Waals surface area contributed by atoms with E-state index in [9.17, 15) is 4.79 Å². The van der Waals surface area contributed by atoms with Gasteiger partial charge in [0.15, 0.2) is 0 Å². The number of aromatic nitrogens is 2. The Morgan fingerprint density at radius 1 is 1.25 bits per heavy atom. The molecule has 168 valence electrons. The second kappa shape index (κ2) is 10.4. The van der Waals surface area contributed by atoms with Crippen LogP contribution in [0.5, 0.6) is 5.75 Å². The van der Waals surface area contributed by atoms with Crippen molar-refractivity contribution in [2.24, 2.45) is 5.92 Å². The predicted molar refractivity (Wildman–Crippen MR) is 122 cm³/mol. The van der Waals surface area contributed by atoms with Crippen LogP contribution in [0.2, 0.25) is 0 Å². The highest BCUT2D eigenvalue weighted by atomic mass is 16.5. The number of carbonyl (C=O) groups excluding carboxylic acids is 1. The van der Waals surface area contributed by atoms with Crippen LogP contribution < -0.4 is 10.1 Å². The van der Waals surface area contributed by atoms with Crippen molar-refractivity contribution >= 4 is 5.91 Å². The largest absolute Gasteiger partial charge is 0.494 e. The summed E-state index contributed by atoms with van der Waals surface area (Å²) in [5.74, 6) is 2.08.